The summed E-state index contributed by atoms with van der Waals surface area (Å²) in [6, 6.07) is 14.1. The van der Waals surface area contributed by atoms with Crippen LogP contribution in [-0.4, -0.2) is 73.2 Å². The zero-order chi connectivity index (χ0) is 26.1. The minimum atomic E-state index is -1.11. The Bertz CT molecular complexity index is 1060. The molecule has 0 aliphatic carbocycles. The van der Waals surface area contributed by atoms with Crippen molar-refractivity contribution in [2.75, 3.05) is 46.0 Å². The first-order chi connectivity index (χ1) is 18.0. The van der Waals surface area contributed by atoms with Gasteiger partial charge in [0.15, 0.2) is 23.8 Å². The molecule has 0 bridgehead atoms. The standard InChI is InChI=1S/C29H37FN2O5/c1-2-3-16-31-17-19-35-25-13-6-4-10-23(25)11-8-9-15-29(28(31)34)22-32(18-20-37-29)27(33)21-36-26-14-7-5-12-24(26)30/h4-7,10,12-14H,2-3,8-9,11,15-22H2,1H3. The van der Waals surface area contributed by atoms with Gasteiger partial charge in [0, 0.05) is 13.1 Å². The van der Waals surface area contributed by atoms with Crippen molar-refractivity contribution >= 4 is 11.8 Å². The van der Waals surface area contributed by atoms with Gasteiger partial charge in [0.25, 0.3) is 11.8 Å². The molecular formula is C29H37FN2O5. The normalized spacial score (nSPS) is 21.0. The number of hydrogen-bond acceptors (Lipinski definition) is 5. The maximum atomic E-state index is 14.0. The molecule has 37 heavy (non-hydrogen) atoms. The molecule has 2 heterocycles. The Balaban J connectivity index is 1.50. The van der Waals surface area contributed by atoms with E-state index in [1.165, 1.54) is 12.1 Å². The number of fused-ring (bicyclic) bond motifs is 1. The van der Waals surface area contributed by atoms with E-state index < -0.39 is 11.4 Å². The SMILES string of the molecule is CCCCN1CCOc2ccccc2CCCCC2(CN(C(=O)COc3ccccc3F)CCO2)C1=O. The first-order valence-electron chi connectivity index (χ1n) is 13.3. The smallest absolute Gasteiger partial charge is 0.260 e. The van der Waals surface area contributed by atoms with E-state index in [9.17, 15) is 14.0 Å². The third kappa shape index (κ3) is 6.80. The van der Waals surface area contributed by atoms with Crippen LogP contribution >= 0.6 is 0 Å². The van der Waals surface area contributed by atoms with Crippen LogP contribution in [-0.2, 0) is 20.7 Å². The zero-order valence-corrected chi connectivity index (χ0v) is 21.6. The highest BCUT2D eigenvalue weighted by Gasteiger charge is 2.46. The quantitative estimate of drug-likeness (QED) is 0.579. The number of morpholine rings is 1. The number of nitrogens with zero attached hydrogens (tertiary/aromatic N) is 2. The lowest BCUT2D eigenvalue weighted by molar-refractivity contribution is -0.177. The molecule has 1 spiro atoms. The first kappa shape index (κ1) is 26.9. The van der Waals surface area contributed by atoms with E-state index in [-0.39, 0.29) is 37.3 Å². The maximum absolute atomic E-state index is 14.0. The number of amides is 2. The van der Waals surface area contributed by atoms with Crippen LogP contribution in [0.2, 0.25) is 0 Å². The third-order valence-electron chi connectivity index (χ3n) is 7.05. The van der Waals surface area contributed by atoms with Crippen LogP contribution in [0.4, 0.5) is 4.39 Å². The molecule has 1 unspecified atom stereocenters. The van der Waals surface area contributed by atoms with Crippen molar-refractivity contribution in [2.24, 2.45) is 0 Å². The molecule has 2 aromatic rings. The van der Waals surface area contributed by atoms with Gasteiger partial charge in [0.1, 0.15) is 12.4 Å². The molecule has 0 N–H and O–H groups in total. The predicted octanol–water partition coefficient (Wildman–Crippen LogP) is 4.24. The second-order valence-corrected chi connectivity index (χ2v) is 9.69. The van der Waals surface area contributed by atoms with E-state index in [2.05, 4.69) is 13.0 Å². The van der Waals surface area contributed by atoms with Crippen molar-refractivity contribution in [2.45, 2.75) is 51.0 Å². The molecule has 0 saturated carbocycles. The summed E-state index contributed by atoms with van der Waals surface area (Å²) in [5, 5.41) is 0. The molecule has 0 radical (unpaired) electrons. The van der Waals surface area contributed by atoms with Crippen LogP contribution in [0.25, 0.3) is 0 Å². The molecule has 200 valence electrons. The van der Waals surface area contributed by atoms with Crippen LogP contribution in [0, 0.1) is 5.82 Å². The molecule has 0 aromatic heterocycles. The second kappa shape index (κ2) is 12.9. The largest absolute Gasteiger partial charge is 0.491 e. The highest BCUT2D eigenvalue weighted by molar-refractivity contribution is 5.87. The Morgan fingerprint density at radius 1 is 1.08 bits per heavy atom. The lowest BCUT2D eigenvalue weighted by Gasteiger charge is -2.44. The second-order valence-electron chi connectivity index (χ2n) is 9.69. The first-order valence-corrected chi connectivity index (χ1v) is 13.3. The summed E-state index contributed by atoms with van der Waals surface area (Å²) in [6.45, 7) is 4.02. The van der Waals surface area contributed by atoms with Gasteiger partial charge in [-0.05, 0) is 55.9 Å². The highest BCUT2D eigenvalue weighted by Crippen LogP contribution is 2.30. The average molecular weight is 513 g/mol. The van der Waals surface area contributed by atoms with E-state index in [0.29, 0.717) is 32.7 Å². The number of carbonyl (C=O) groups excluding carboxylic acids is 2. The minimum Gasteiger partial charge on any atom is -0.491 e. The molecule has 2 aliphatic heterocycles. The predicted molar refractivity (Wildman–Crippen MR) is 138 cm³/mol. The van der Waals surface area contributed by atoms with Gasteiger partial charge >= 0.3 is 0 Å². The van der Waals surface area contributed by atoms with E-state index in [4.69, 9.17) is 14.2 Å². The van der Waals surface area contributed by atoms with Gasteiger partial charge in [-0.15, -0.1) is 0 Å². The minimum absolute atomic E-state index is 0.0342. The Morgan fingerprint density at radius 2 is 1.89 bits per heavy atom. The molecule has 2 amide bonds. The fourth-order valence-electron chi connectivity index (χ4n) is 4.97. The fourth-order valence-corrected chi connectivity index (χ4v) is 4.97. The molecule has 2 aromatic carbocycles. The Morgan fingerprint density at radius 3 is 2.73 bits per heavy atom. The van der Waals surface area contributed by atoms with Gasteiger partial charge in [-0.3, -0.25) is 9.59 Å². The van der Waals surface area contributed by atoms with E-state index in [1.54, 1.807) is 17.0 Å². The molecule has 7 nitrogen and oxygen atoms in total. The average Bonchev–Trinajstić information content (AvgIpc) is 2.92. The number of rotatable bonds is 6. The van der Waals surface area contributed by atoms with Gasteiger partial charge in [-0.25, -0.2) is 4.39 Å². The van der Waals surface area contributed by atoms with Crippen molar-refractivity contribution in [3.8, 4) is 11.5 Å². The van der Waals surface area contributed by atoms with E-state index in [1.807, 2.05) is 23.1 Å². The fraction of sp³-hybridized carbons (Fsp3) is 0.517. The van der Waals surface area contributed by atoms with Crippen molar-refractivity contribution in [1.82, 2.24) is 9.80 Å². The van der Waals surface area contributed by atoms with Crippen molar-refractivity contribution < 1.29 is 28.2 Å². The highest BCUT2D eigenvalue weighted by atomic mass is 19.1. The lowest BCUT2D eigenvalue weighted by atomic mass is 9.90. The van der Waals surface area contributed by atoms with Gasteiger partial charge in [-0.2, -0.15) is 0 Å². The third-order valence-corrected chi connectivity index (χ3v) is 7.05. The van der Waals surface area contributed by atoms with Gasteiger partial charge in [-0.1, -0.05) is 43.7 Å². The number of unbranched alkanes of at least 4 members (excludes halogenated alkanes) is 1. The van der Waals surface area contributed by atoms with E-state index >= 15 is 0 Å². The van der Waals surface area contributed by atoms with E-state index in [0.717, 1.165) is 43.4 Å². The van der Waals surface area contributed by atoms with Crippen LogP contribution in [0.15, 0.2) is 48.5 Å². The molecule has 1 fully saturated rings. The summed E-state index contributed by atoms with van der Waals surface area (Å²) >= 11 is 0. The van der Waals surface area contributed by atoms with Crippen LogP contribution in [0.1, 0.15) is 44.6 Å². The number of carbonyl (C=O) groups is 2. The number of aryl methyl sites for hydroxylation is 1. The summed E-state index contributed by atoms with van der Waals surface area (Å²) in [6.07, 6.45) is 4.85. The van der Waals surface area contributed by atoms with Crippen molar-refractivity contribution in [3.63, 3.8) is 0 Å². The monoisotopic (exact) mass is 512 g/mol. The van der Waals surface area contributed by atoms with Crippen LogP contribution in [0.5, 0.6) is 11.5 Å². The topological polar surface area (TPSA) is 68.3 Å². The molecule has 1 saturated heterocycles. The summed E-state index contributed by atoms with van der Waals surface area (Å²) < 4.78 is 31.7. The van der Waals surface area contributed by atoms with Gasteiger partial charge in [0.05, 0.1) is 19.7 Å². The molecule has 8 heteroatoms. The molecule has 1 atom stereocenters. The summed E-state index contributed by atoms with van der Waals surface area (Å²) in [5.74, 6) is 0.0138. The summed E-state index contributed by atoms with van der Waals surface area (Å²) in [5.41, 5.74) is 0.0495. The Kier molecular flexibility index (Phi) is 9.39. The Labute approximate surface area is 218 Å². The van der Waals surface area contributed by atoms with Gasteiger partial charge < -0.3 is 24.0 Å². The number of ether oxygens (including phenoxy) is 3. The number of para-hydroxylation sites is 2. The zero-order valence-electron chi connectivity index (χ0n) is 21.6. The molecule has 2 aliphatic rings. The number of benzene rings is 2. The lowest BCUT2D eigenvalue weighted by Crippen LogP contribution is -2.62. The van der Waals surface area contributed by atoms with Gasteiger partial charge in [0.2, 0.25) is 0 Å². The number of halogens is 1. The molecule has 4 rings (SSSR count). The molecular weight excluding hydrogens is 475 g/mol. The van der Waals surface area contributed by atoms with Crippen LogP contribution in [0.3, 0.4) is 0 Å². The summed E-state index contributed by atoms with van der Waals surface area (Å²) in [7, 11) is 0. The van der Waals surface area contributed by atoms with Crippen molar-refractivity contribution in [3.05, 3.63) is 59.9 Å². The number of hydrogen-bond donors (Lipinski definition) is 0. The Hall–Kier alpha value is -3.13. The maximum Gasteiger partial charge on any atom is 0.260 e. The summed E-state index contributed by atoms with van der Waals surface area (Å²) in [4.78, 5) is 30.5. The van der Waals surface area contributed by atoms with Crippen molar-refractivity contribution in [1.29, 1.82) is 0 Å². The van der Waals surface area contributed by atoms with Crippen LogP contribution < -0.4 is 9.47 Å².